The van der Waals surface area contributed by atoms with Crippen molar-refractivity contribution in [3.05, 3.63) is 0 Å². The molecule has 0 aliphatic rings. The van der Waals surface area contributed by atoms with Crippen LogP contribution in [0.1, 0.15) is 40.0 Å². The summed E-state index contributed by atoms with van der Waals surface area (Å²) in [5, 5.41) is 0. The Balaban J connectivity index is 3.86. The van der Waals surface area contributed by atoms with Gasteiger partial charge in [-0.15, -0.1) is 0 Å². The van der Waals surface area contributed by atoms with Crippen LogP contribution in [-0.4, -0.2) is 12.3 Å². The van der Waals surface area contributed by atoms with E-state index >= 15 is 0 Å². The van der Waals surface area contributed by atoms with Crippen LogP contribution in [0.2, 0.25) is 0 Å². The molecule has 12 heavy (non-hydrogen) atoms. The SMILES string of the molecule is CCCCC(=O)C(CN)C(C)C. The maximum absolute atomic E-state index is 11.5. The predicted molar refractivity (Wildman–Crippen MR) is 51.9 cm³/mol. The number of unbranched alkanes of at least 4 members (excludes halogenated alkanes) is 1. The van der Waals surface area contributed by atoms with Crippen molar-refractivity contribution in [1.82, 2.24) is 0 Å². The first-order valence-corrected chi connectivity index (χ1v) is 4.86. The minimum Gasteiger partial charge on any atom is -0.330 e. The third kappa shape index (κ3) is 3.86. The second kappa shape index (κ2) is 6.18. The summed E-state index contributed by atoms with van der Waals surface area (Å²) in [7, 11) is 0. The van der Waals surface area contributed by atoms with Crippen molar-refractivity contribution in [2.24, 2.45) is 17.6 Å². The van der Waals surface area contributed by atoms with Crippen LogP contribution >= 0.6 is 0 Å². The smallest absolute Gasteiger partial charge is 0.137 e. The third-order valence-electron chi connectivity index (χ3n) is 2.25. The molecule has 0 aromatic heterocycles. The number of carbonyl (C=O) groups is 1. The van der Waals surface area contributed by atoms with Gasteiger partial charge in [-0.3, -0.25) is 4.79 Å². The normalized spacial score (nSPS) is 13.4. The standard InChI is InChI=1S/C10H21NO/c1-4-5-6-10(12)9(7-11)8(2)3/h8-9H,4-7,11H2,1-3H3. The highest BCUT2D eigenvalue weighted by molar-refractivity contribution is 5.81. The Kier molecular flexibility index (Phi) is 5.99. The van der Waals surface area contributed by atoms with E-state index in [0.29, 0.717) is 24.7 Å². The summed E-state index contributed by atoms with van der Waals surface area (Å²) in [6.07, 6.45) is 2.79. The summed E-state index contributed by atoms with van der Waals surface area (Å²) in [6.45, 7) is 6.71. The van der Waals surface area contributed by atoms with E-state index in [1.807, 2.05) is 0 Å². The Bertz CT molecular complexity index is 132. The van der Waals surface area contributed by atoms with E-state index < -0.39 is 0 Å². The third-order valence-corrected chi connectivity index (χ3v) is 2.25. The maximum Gasteiger partial charge on any atom is 0.137 e. The van der Waals surface area contributed by atoms with Crippen LogP contribution in [0.15, 0.2) is 0 Å². The van der Waals surface area contributed by atoms with Gasteiger partial charge in [0.05, 0.1) is 0 Å². The van der Waals surface area contributed by atoms with Gasteiger partial charge in [0.1, 0.15) is 5.78 Å². The molecule has 0 aliphatic heterocycles. The number of nitrogens with two attached hydrogens (primary N) is 1. The molecule has 2 heteroatoms. The molecule has 0 saturated carbocycles. The Morgan fingerprint density at radius 3 is 2.33 bits per heavy atom. The molecule has 0 bridgehead atoms. The number of carbonyl (C=O) groups excluding carboxylic acids is 1. The number of hydrogen-bond donors (Lipinski definition) is 1. The summed E-state index contributed by atoms with van der Waals surface area (Å²) in [6, 6.07) is 0. The molecule has 0 spiro atoms. The van der Waals surface area contributed by atoms with E-state index in [0.717, 1.165) is 12.8 Å². The van der Waals surface area contributed by atoms with E-state index in [4.69, 9.17) is 5.73 Å². The molecule has 1 unspecified atom stereocenters. The van der Waals surface area contributed by atoms with Crippen molar-refractivity contribution in [3.8, 4) is 0 Å². The van der Waals surface area contributed by atoms with Crippen LogP contribution < -0.4 is 5.73 Å². The molecule has 0 saturated heterocycles. The van der Waals surface area contributed by atoms with Gasteiger partial charge in [-0.1, -0.05) is 27.2 Å². The minimum atomic E-state index is 0.0801. The average molecular weight is 171 g/mol. The van der Waals surface area contributed by atoms with Crippen molar-refractivity contribution in [2.45, 2.75) is 40.0 Å². The highest BCUT2D eigenvalue weighted by Crippen LogP contribution is 2.13. The molecule has 2 nitrogen and oxygen atoms in total. The van der Waals surface area contributed by atoms with E-state index in [9.17, 15) is 4.79 Å². The lowest BCUT2D eigenvalue weighted by Gasteiger charge is -2.16. The topological polar surface area (TPSA) is 43.1 Å². The van der Waals surface area contributed by atoms with Gasteiger partial charge in [-0.25, -0.2) is 0 Å². The van der Waals surface area contributed by atoms with Crippen LogP contribution in [0.5, 0.6) is 0 Å². The second-order valence-corrected chi connectivity index (χ2v) is 3.66. The highest BCUT2D eigenvalue weighted by atomic mass is 16.1. The molecule has 2 N–H and O–H groups in total. The molecule has 0 aromatic carbocycles. The van der Waals surface area contributed by atoms with Gasteiger partial charge >= 0.3 is 0 Å². The quantitative estimate of drug-likeness (QED) is 0.664. The molecule has 0 heterocycles. The van der Waals surface area contributed by atoms with Crippen molar-refractivity contribution in [1.29, 1.82) is 0 Å². The first kappa shape index (κ1) is 11.6. The highest BCUT2D eigenvalue weighted by Gasteiger charge is 2.19. The first-order valence-electron chi connectivity index (χ1n) is 4.86. The number of ketones is 1. The first-order chi connectivity index (χ1) is 5.63. The molecule has 0 rings (SSSR count). The predicted octanol–water partition coefficient (Wildman–Crippen LogP) is 1.98. The Labute approximate surface area is 75.5 Å². The fourth-order valence-corrected chi connectivity index (χ4v) is 1.31. The van der Waals surface area contributed by atoms with Crippen LogP contribution in [-0.2, 0) is 4.79 Å². The number of hydrogen-bond acceptors (Lipinski definition) is 2. The van der Waals surface area contributed by atoms with E-state index in [2.05, 4.69) is 20.8 Å². The largest absolute Gasteiger partial charge is 0.330 e. The van der Waals surface area contributed by atoms with Gasteiger partial charge in [0.25, 0.3) is 0 Å². The molecule has 0 radical (unpaired) electrons. The van der Waals surface area contributed by atoms with Crippen molar-refractivity contribution in [2.75, 3.05) is 6.54 Å². The van der Waals surface area contributed by atoms with Crippen LogP contribution in [0.4, 0.5) is 0 Å². The second-order valence-electron chi connectivity index (χ2n) is 3.66. The molecule has 72 valence electrons. The molecule has 0 amide bonds. The molecule has 0 aromatic rings. The Hall–Kier alpha value is -0.370. The van der Waals surface area contributed by atoms with E-state index in [1.165, 1.54) is 0 Å². The van der Waals surface area contributed by atoms with Crippen LogP contribution in [0.3, 0.4) is 0 Å². The molecule has 0 fully saturated rings. The summed E-state index contributed by atoms with van der Waals surface area (Å²) in [5.74, 6) is 0.810. The van der Waals surface area contributed by atoms with Crippen LogP contribution in [0.25, 0.3) is 0 Å². The average Bonchev–Trinajstić information content (AvgIpc) is 2.01. The van der Waals surface area contributed by atoms with Gasteiger partial charge in [-0.05, 0) is 12.3 Å². The van der Waals surface area contributed by atoms with Gasteiger partial charge in [0, 0.05) is 18.9 Å². The maximum atomic E-state index is 11.5. The molecular formula is C10H21NO. The molecule has 0 aliphatic carbocycles. The monoisotopic (exact) mass is 171 g/mol. The molecular weight excluding hydrogens is 150 g/mol. The Morgan fingerprint density at radius 1 is 1.42 bits per heavy atom. The molecule has 1 atom stereocenters. The van der Waals surface area contributed by atoms with E-state index in [1.54, 1.807) is 0 Å². The fourth-order valence-electron chi connectivity index (χ4n) is 1.31. The van der Waals surface area contributed by atoms with Crippen molar-refractivity contribution in [3.63, 3.8) is 0 Å². The fraction of sp³-hybridized carbons (Fsp3) is 0.900. The van der Waals surface area contributed by atoms with Gasteiger partial charge in [-0.2, -0.15) is 0 Å². The zero-order chi connectivity index (χ0) is 9.56. The van der Waals surface area contributed by atoms with Gasteiger partial charge in [0.15, 0.2) is 0 Å². The minimum absolute atomic E-state index is 0.0801. The zero-order valence-electron chi connectivity index (χ0n) is 8.47. The summed E-state index contributed by atoms with van der Waals surface area (Å²) < 4.78 is 0. The lowest BCUT2D eigenvalue weighted by Crippen LogP contribution is -2.28. The lowest BCUT2D eigenvalue weighted by molar-refractivity contribution is -0.123. The summed E-state index contributed by atoms with van der Waals surface area (Å²) in [4.78, 5) is 11.5. The lowest BCUT2D eigenvalue weighted by atomic mass is 9.89. The van der Waals surface area contributed by atoms with Crippen molar-refractivity contribution < 1.29 is 4.79 Å². The van der Waals surface area contributed by atoms with Gasteiger partial charge in [0.2, 0.25) is 0 Å². The van der Waals surface area contributed by atoms with E-state index in [-0.39, 0.29) is 5.92 Å². The van der Waals surface area contributed by atoms with Gasteiger partial charge < -0.3 is 5.73 Å². The van der Waals surface area contributed by atoms with Crippen molar-refractivity contribution >= 4 is 5.78 Å². The number of Topliss-reactive ketones (excluding diaryl/α,β-unsaturated/α-hetero) is 1. The zero-order valence-corrected chi connectivity index (χ0v) is 8.47. The summed E-state index contributed by atoms with van der Waals surface area (Å²) >= 11 is 0. The van der Waals surface area contributed by atoms with Crippen LogP contribution in [0, 0.1) is 11.8 Å². The summed E-state index contributed by atoms with van der Waals surface area (Å²) in [5.41, 5.74) is 5.53. The Morgan fingerprint density at radius 2 is 2.00 bits per heavy atom. The number of rotatable bonds is 6.